The van der Waals surface area contributed by atoms with E-state index in [0.717, 1.165) is 13.1 Å². The maximum atomic E-state index is 12.0. The van der Waals surface area contributed by atoms with Gasteiger partial charge in [0.05, 0.1) is 12.5 Å². The molecule has 1 amide bonds. The summed E-state index contributed by atoms with van der Waals surface area (Å²) in [5, 5.41) is 11.7. The Kier molecular flexibility index (Phi) is 3.40. The summed E-state index contributed by atoms with van der Waals surface area (Å²) in [4.78, 5) is 13.6. The van der Waals surface area contributed by atoms with Crippen LogP contribution >= 0.6 is 0 Å². The van der Waals surface area contributed by atoms with Gasteiger partial charge in [-0.1, -0.05) is 6.07 Å². The van der Waals surface area contributed by atoms with E-state index >= 15 is 0 Å². The fraction of sp³-hybridized carbons (Fsp3) is 0.385. The molecule has 1 aliphatic heterocycles. The van der Waals surface area contributed by atoms with E-state index in [0.29, 0.717) is 18.5 Å². The SMILES string of the molecule is CN(CCC#N)C(=O)c1ccc2c(c1)CNC2. The summed E-state index contributed by atoms with van der Waals surface area (Å²) in [7, 11) is 1.73. The third-order valence-electron chi connectivity index (χ3n) is 2.99. The molecule has 0 unspecified atom stereocenters. The van der Waals surface area contributed by atoms with E-state index in [2.05, 4.69) is 5.32 Å². The highest BCUT2D eigenvalue weighted by atomic mass is 16.2. The van der Waals surface area contributed by atoms with Crippen LogP contribution in [0.4, 0.5) is 0 Å². The molecule has 1 aromatic carbocycles. The number of carbonyl (C=O) groups excluding carboxylic acids is 1. The van der Waals surface area contributed by atoms with Crippen molar-refractivity contribution in [3.63, 3.8) is 0 Å². The molecule has 0 fully saturated rings. The second-order valence-corrected chi connectivity index (χ2v) is 4.22. The van der Waals surface area contributed by atoms with Gasteiger partial charge in [-0.05, 0) is 23.3 Å². The van der Waals surface area contributed by atoms with E-state index in [1.54, 1.807) is 11.9 Å². The predicted molar refractivity (Wildman–Crippen MR) is 64.2 cm³/mol. The number of hydrogen-bond donors (Lipinski definition) is 1. The standard InChI is InChI=1S/C13H15N3O/c1-16(6-2-5-14)13(17)10-3-4-11-8-15-9-12(11)7-10/h3-4,7,15H,2,6,8-9H2,1H3. The minimum atomic E-state index is -0.0186. The molecule has 1 aromatic rings. The first kappa shape index (κ1) is 11.6. The van der Waals surface area contributed by atoms with E-state index in [-0.39, 0.29) is 5.91 Å². The highest BCUT2D eigenvalue weighted by molar-refractivity contribution is 5.94. The van der Waals surface area contributed by atoms with E-state index in [9.17, 15) is 4.79 Å². The lowest BCUT2D eigenvalue weighted by Crippen LogP contribution is -2.27. The summed E-state index contributed by atoms with van der Waals surface area (Å²) in [5.74, 6) is -0.0186. The van der Waals surface area contributed by atoms with Gasteiger partial charge in [0.15, 0.2) is 0 Å². The van der Waals surface area contributed by atoms with Crippen molar-refractivity contribution in [1.82, 2.24) is 10.2 Å². The first-order valence-corrected chi connectivity index (χ1v) is 5.67. The summed E-state index contributed by atoms with van der Waals surface area (Å²) in [6.45, 7) is 2.19. The van der Waals surface area contributed by atoms with Gasteiger partial charge in [0.1, 0.15) is 0 Å². The highest BCUT2D eigenvalue weighted by Gasteiger charge is 2.15. The molecule has 88 valence electrons. The van der Waals surface area contributed by atoms with E-state index in [1.807, 2.05) is 24.3 Å². The second kappa shape index (κ2) is 4.98. The molecule has 0 bridgehead atoms. The van der Waals surface area contributed by atoms with Crippen molar-refractivity contribution < 1.29 is 4.79 Å². The summed E-state index contributed by atoms with van der Waals surface area (Å²) < 4.78 is 0. The second-order valence-electron chi connectivity index (χ2n) is 4.22. The maximum Gasteiger partial charge on any atom is 0.253 e. The van der Waals surface area contributed by atoms with Crippen molar-refractivity contribution in [2.75, 3.05) is 13.6 Å². The molecule has 2 rings (SSSR count). The van der Waals surface area contributed by atoms with Gasteiger partial charge in [-0.3, -0.25) is 4.79 Å². The Hall–Kier alpha value is -1.86. The number of amides is 1. The fourth-order valence-electron chi connectivity index (χ4n) is 1.97. The Morgan fingerprint density at radius 2 is 2.24 bits per heavy atom. The van der Waals surface area contributed by atoms with Crippen LogP contribution < -0.4 is 5.32 Å². The molecular formula is C13H15N3O. The van der Waals surface area contributed by atoms with Gasteiger partial charge in [0.2, 0.25) is 0 Å². The minimum Gasteiger partial charge on any atom is -0.341 e. The topological polar surface area (TPSA) is 56.1 Å². The number of nitrogens with one attached hydrogen (secondary N) is 1. The number of benzene rings is 1. The molecule has 0 spiro atoms. The van der Waals surface area contributed by atoms with Crippen LogP contribution in [0.2, 0.25) is 0 Å². The zero-order chi connectivity index (χ0) is 12.3. The molecule has 0 atom stereocenters. The Labute approximate surface area is 101 Å². The molecule has 0 radical (unpaired) electrons. The van der Waals surface area contributed by atoms with Crippen LogP contribution in [-0.2, 0) is 13.1 Å². The molecule has 0 aromatic heterocycles. The number of carbonyl (C=O) groups is 1. The third kappa shape index (κ3) is 2.45. The van der Waals surface area contributed by atoms with Gasteiger partial charge >= 0.3 is 0 Å². The summed E-state index contributed by atoms with van der Waals surface area (Å²) in [6.07, 6.45) is 0.370. The lowest BCUT2D eigenvalue weighted by molar-refractivity contribution is 0.0798. The van der Waals surface area contributed by atoms with Crippen LogP contribution in [0, 0.1) is 11.3 Å². The maximum absolute atomic E-state index is 12.0. The first-order chi connectivity index (χ1) is 8.22. The molecule has 0 aliphatic carbocycles. The molecule has 17 heavy (non-hydrogen) atoms. The Bertz CT molecular complexity index is 476. The zero-order valence-electron chi connectivity index (χ0n) is 9.86. The van der Waals surface area contributed by atoms with Crippen molar-refractivity contribution in [2.45, 2.75) is 19.5 Å². The van der Waals surface area contributed by atoms with Crippen molar-refractivity contribution in [2.24, 2.45) is 0 Å². The van der Waals surface area contributed by atoms with Gasteiger partial charge in [-0.15, -0.1) is 0 Å². The van der Waals surface area contributed by atoms with Crippen LogP contribution in [0.25, 0.3) is 0 Å². The van der Waals surface area contributed by atoms with E-state index in [1.165, 1.54) is 11.1 Å². The van der Waals surface area contributed by atoms with Crippen molar-refractivity contribution in [1.29, 1.82) is 5.26 Å². The Morgan fingerprint density at radius 1 is 1.47 bits per heavy atom. The van der Waals surface area contributed by atoms with Crippen LogP contribution in [0.15, 0.2) is 18.2 Å². The molecule has 4 heteroatoms. The van der Waals surface area contributed by atoms with Crippen LogP contribution in [0.1, 0.15) is 27.9 Å². The van der Waals surface area contributed by atoms with Crippen molar-refractivity contribution >= 4 is 5.91 Å². The van der Waals surface area contributed by atoms with Gasteiger partial charge in [0.25, 0.3) is 5.91 Å². The van der Waals surface area contributed by atoms with Gasteiger partial charge < -0.3 is 10.2 Å². The zero-order valence-corrected chi connectivity index (χ0v) is 9.86. The highest BCUT2D eigenvalue weighted by Crippen LogP contribution is 2.17. The molecule has 4 nitrogen and oxygen atoms in total. The largest absolute Gasteiger partial charge is 0.341 e. The van der Waals surface area contributed by atoms with Gasteiger partial charge in [-0.2, -0.15) is 5.26 Å². The first-order valence-electron chi connectivity index (χ1n) is 5.67. The summed E-state index contributed by atoms with van der Waals surface area (Å²) >= 11 is 0. The predicted octanol–water partition coefficient (Wildman–Crippen LogP) is 1.28. The average molecular weight is 229 g/mol. The van der Waals surface area contributed by atoms with Gasteiger partial charge in [0, 0.05) is 32.2 Å². The van der Waals surface area contributed by atoms with Crippen LogP contribution in [0.5, 0.6) is 0 Å². The monoisotopic (exact) mass is 229 g/mol. The van der Waals surface area contributed by atoms with Crippen molar-refractivity contribution in [3.8, 4) is 6.07 Å². The Morgan fingerprint density at radius 3 is 3.00 bits per heavy atom. The lowest BCUT2D eigenvalue weighted by atomic mass is 10.1. The molecule has 1 aliphatic rings. The van der Waals surface area contributed by atoms with Crippen LogP contribution in [0.3, 0.4) is 0 Å². The van der Waals surface area contributed by atoms with E-state index in [4.69, 9.17) is 5.26 Å². The third-order valence-corrected chi connectivity index (χ3v) is 2.99. The molecular weight excluding hydrogens is 214 g/mol. The number of fused-ring (bicyclic) bond motifs is 1. The quantitative estimate of drug-likeness (QED) is 0.849. The number of nitrogens with zero attached hydrogens (tertiary/aromatic N) is 2. The van der Waals surface area contributed by atoms with Crippen LogP contribution in [-0.4, -0.2) is 24.4 Å². The lowest BCUT2D eigenvalue weighted by Gasteiger charge is -2.15. The summed E-state index contributed by atoms with van der Waals surface area (Å²) in [6, 6.07) is 7.85. The smallest absolute Gasteiger partial charge is 0.253 e. The molecule has 1 N–H and O–H groups in total. The molecule has 0 saturated carbocycles. The number of hydrogen-bond acceptors (Lipinski definition) is 3. The minimum absolute atomic E-state index is 0.0186. The Balaban J connectivity index is 2.12. The van der Waals surface area contributed by atoms with E-state index < -0.39 is 0 Å². The number of nitriles is 1. The average Bonchev–Trinajstić information content (AvgIpc) is 2.81. The summed E-state index contributed by atoms with van der Waals surface area (Å²) in [5.41, 5.74) is 3.17. The van der Waals surface area contributed by atoms with Gasteiger partial charge in [-0.25, -0.2) is 0 Å². The van der Waals surface area contributed by atoms with Crippen molar-refractivity contribution in [3.05, 3.63) is 34.9 Å². The molecule has 0 saturated heterocycles. The molecule has 1 heterocycles. The fourth-order valence-corrected chi connectivity index (χ4v) is 1.97. The normalized spacial score (nSPS) is 12.9. The number of rotatable bonds is 3.